The number of halogens is 1. The molecule has 0 N–H and O–H groups in total. The number of hydrogen-bond acceptors (Lipinski definition) is 5. The van der Waals surface area contributed by atoms with Crippen molar-refractivity contribution in [2.45, 2.75) is 120 Å². The molecule has 3 aromatic rings. The Morgan fingerprint density at radius 2 is 1.42 bits per heavy atom. The van der Waals surface area contributed by atoms with E-state index in [-0.39, 0.29) is 45.2 Å². The van der Waals surface area contributed by atoms with Gasteiger partial charge in [-0.2, -0.15) is 0 Å². The highest BCUT2D eigenvalue weighted by Crippen LogP contribution is 2.42. The van der Waals surface area contributed by atoms with Crippen LogP contribution in [0.5, 0.6) is 0 Å². The maximum Gasteiger partial charge on any atom is 0.261 e. The Balaban J connectivity index is 1.19. The molecular formula is C41H57IO5Si. The molecule has 2 saturated heterocycles. The third-order valence-electron chi connectivity index (χ3n) is 10.2. The maximum atomic E-state index is 7.30. The summed E-state index contributed by atoms with van der Waals surface area (Å²) in [5.41, 5.74) is 1.21. The van der Waals surface area contributed by atoms with Crippen LogP contribution in [-0.2, 0) is 30.0 Å². The Morgan fingerprint density at radius 3 is 2.00 bits per heavy atom. The molecule has 0 aliphatic carbocycles. The van der Waals surface area contributed by atoms with Crippen molar-refractivity contribution in [2.75, 3.05) is 13.2 Å². The van der Waals surface area contributed by atoms with Crippen molar-refractivity contribution >= 4 is 41.3 Å². The monoisotopic (exact) mass is 784 g/mol. The Morgan fingerprint density at radius 1 is 0.854 bits per heavy atom. The van der Waals surface area contributed by atoms with E-state index in [4.69, 9.17) is 23.4 Å². The zero-order valence-electron chi connectivity index (χ0n) is 30.1. The Hall–Kier alpha value is -1.59. The average Bonchev–Trinajstić information content (AvgIpc) is 3.57. The number of hydrogen-bond donors (Lipinski definition) is 0. The van der Waals surface area contributed by atoms with Crippen LogP contribution in [-0.4, -0.2) is 55.7 Å². The molecule has 3 aromatic carbocycles. The Kier molecular flexibility index (Phi) is 13.0. The van der Waals surface area contributed by atoms with E-state index in [2.05, 4.69) is 156 Å². The van der Waals surface area contributed by atoms with Gasteiger partial charge in [0.1, 0.15) is 0 Å². The Bertz CT molecular complexity index is 1340. The van der Waals surface area contributed by atoms with Gasteiger partial charge in [-0.05, 0) is 60.5 Å². The lowest BCUT2D eigenvalue weighted by Crippen LogP contribution is -2.67. The highest BCUT2D eigenvalue weighted by Gasteiger charge is 2.51. The zero-order chi connectivity index (χ0) is 34.4. The van der Waals surface area contributed by atoms with E-state index in [0.717, 1.165) is 32.3 Å². The van der Waals surface area contributed by atoms with E-state index in [1.54, 1.807) is 0 Å². The molecule has 48 heavy (non-hydrogen) atoms. The summed E-state index contributed by atoms with van der Waals surface area (Å²) >= 11 is 2.60. The minimum absolute atomic E-state index is 0.0459. The average molecular weight is 785 g/mol. The fraction of sp³-hybridized carbons (Fsp3) is 0.561. The first-order chi connectivity index (χ1) is 22.9. The molecule has 0 radical (unpaired) electrons. The van der Waals surface area contributed by atoms with Gasteiger partial charge < -0.3 is 23.4 Å². The number of benzene rings is 3. The number of rotatable bonds is 14. The summed E-state index contributed by atoms with van der Waals surface area (Å²) in [5.74, 6) is -0.105. The van der Waals surface area contributed by atoms with Gasteiger partial charge in [0.15, 0.2) is 5.79 Å². The summed E-state index contributed by atoms with van der Waals surface area (Å²) in [4.78, 5) is 0. The maximum absolute atomic E-state index is 7.30. The predicted molar refractivity (Wildman–Crippen MR) is 207 cm³/mol. The van der Waals surface area contributed by atoms with Crippen LogP contribution in [0, 0.1) is 11.8 Å². The number of alkyl halides is 1. The predicted octanol–water partition coefficient (Wildman–Crippen LogP) is 8.70. The smallest absolute Gasteiger partial charge is 0.261 e. The molecule has 0 unspecified atom stereocenters. The molecule has 7 atom stereocenters. The fourth-order valence-corrected chi connectivity index (χ4v) is 13.7. The molecule has 5 rings (SSSR count). The van der Waals surface area contributed by atoms with E-state index in [9.17, 15) is 0 Å². The van der Waals surface area contributed by atoms with Crippen LogP contribution < -0.4 is 10.4 Å². The fourth-order valence-electron chi connectivity index (χ4n) is 7.65. The SMILES string of the molecule is C[C@H]1[C@@H]([C@H](I)[C@@H]2CC[C@H]([C@@H](C)CO[Si](c3ccccc3)(c3ccccc3)C(C)(C)C)O2)OC(C)(C)O[C@@H]1CCCOCc1ccccc1. The van der Waals surface area contributed by atoms with Gasteiger partial charge in [0, 0.05) is 25.0 Å². The van der Waals surface area contributed by atoms with E-state index in [1.807, 2.05) is 6.07 Å². The highest BCUT2D eigenvalue weighted by atomic mass is 127. The molecular weight excluding hydrogens is 727 g/mol. The van der Waals surface area contributed by atoms with E-state index in [1.165, 1.54) is 15.9 Å². The largest absolute Gasteiger partial charge is 0.407 e. The van der Waals surface area contributed by atoms with Gasteiger partial charge in [0.05, 0.1) is 34.9 Å². The van der Waals surface area contributed by atoms with Gasteiger partial charge in [-0.15, -0.1) is 0 Å². The summed E-state index contributed by atoms with van der Waals surface area (Å²) < 4.78 is 33.5. The number of ether oxygens (including phenoxy) is 4. The van der Waals surface area contributed by atoms with Crippen molar-refractivity contribution in [1.82, 2.24) is 0 Å². The molecule has 0 spiro atoms. The normalized spacial score (nSPS) is 25.9. The van der Waals surface area contributed by atoms with Crippen molar-refractivity contribution in [3.63, 3.8) is 0 Å². The molecule has 7 heteroatoms. The van der Waals surface area contributed by atoms with Gasteiger partial charge >= 0.3 is 0 Å². The van der Waals surface area contributed by atoms with E-state index >= 15 is 0 Å². The Labute approximate surface area is 304 Å². The molecule has 0 bridgehead atoms. The van der Waals surface area contributed by atoms with Crippen LogP contribution in [0.4, 0.5) is 0 Å². The van der Waals surface area contributed by atoms with Crippen molar-refractivity contribution < 1.29 is 23.4 Å². The second-order valence-corrected chi connectivity index (χ2v) is 21.1. The lowest BCUT2D eigenvalue weighted by atomic mass is 9.88. The molecule has 262 valence electrons. The van der Waals surface area contributed by atoms with Crippen molar-refractivity contribution in [3.05, 3.63) is 96.6 Å². The van der Waals surface area contributed by atoms with Gasteiger partial charge in [0.25, 0.3) is 8.32 Å². The first kappa shape index (κ1) is 37.7. The van der Waals surface area contributed by atoms with Gasteiger partial charge in [0.2, 0.25) is 0 Å². The zero-order valence-corrected chi connectivity index (χ0v) is 33.2. The van der Waals surface area contributed by atoms with E-state index in [0.29, 0.717) is 13.2 Å². The second-order valence-electron chi connectivity index (χ2n) is 15.4. The molecule has 2 heterocycles. The third kappa shape index (κ3) is 9.00. The van der Waals surface area contributed by atoms with Gasteiger partial charge in [-0.1, -0.05) is 148 Å². The van der Waals surface area contributed by atoms with Crippen LogP contribution in [0.1, 0.15) is 79.7 Å². The quantitative estimate of drug-likeness (QED) is 0.0709. The van der Waals surface area contributed by atoms with Crippen LogP contribution in [0.15, 0.2) is 91.0 Å². The van der Waals surface area contributed by atoms with Crippen molar-refractivity contribution in [2.24, 2.45) is 11.8 Å². The summed E-state index contributed by atoms with van der Waals surface area (Å²) in [7, 11) is -2.60. The molecule has 2 fully saturated rings. The lowest BCUT2D eigenvalue weighted by molar-refractivity contribution is -0.321. The van der Waals surface area contributed by atoms with Crippen LogP contribution >= 0.6 is 22.6 Å². The first-order valence-electron chi connectivity index (χ1n) is 17.9. The van der Waals surface area contributed by atoms with Crippen molar-refractivity contribution in [3.8, 4) is 0 Å². The summed E-state index contributed by atoms with van der Waals surface area (Å²) in [6, 6.07) is 32.2. The van der Waals surface area contributed by atoms with Crippen LogP contribution in [0.3, 0.4) is 0 Å². The standard InChI is InChI=1S/C41H57IO5Si/c1-30(28-44-48(40(3,4)5,33-20-13-9-14-21-33)34-22-15-10-16-23-34)35-25-26-37(45-35)38(42)39-31(2)36(46-41(6,7)47-39)24-17-27-43-29-32-18-11-8-12-19-32/h8-16,18-23,30-31,35-39H,17,24-29H2,1-7H3/t30-,31+,35+,36+,37-,38+,39-/m0/s1. The van der Waals surface area contributed by atoms with Gasteiger partial charge in [-0.3, -0.25) is 0 Å². The second kappa shape index (κ2) is 16.6. The first-order valence-corrected chi connectivity index (χ1v) is 21.1. The van der Waals surface area contributed by atoms with Crippen LogP contribution in [0.2, 0.25) is 5.04 Å². The summed E-state index contributed by atoms with van der Waals surface area (Å²) in [6.45, 7) is 17.8. The molecule has 0 amide bonds. The molecule has 2 aliphatic heterocycles. The third-order valence-corrected chi connectivity index (χ3v) is 16.7. The van der Waals surface area contributed by atoms with Crippen LogP contribution in [0.25, 0.3) is 0 Å². The topological polar surface area (TPSA) is 46.2 Å². The highest BCUT2D eigenvalue weighted by molar-refractivity contribution is 14.1. The molecule has 2 aliphatic rings. The van der Waals surface area contributed by atoms with Gasteiger partial charge in [-0.25, -0.2) is 0 Å². The summed E-state index contributed by atoms with van der Waals surface area (Å²) in [6.07, 6.45) is 4.46. The molecule has 0 saturated carbocycles. The van der Waals surface area contributed by atoms with Crippen molar-refractivity contribution in [1.29, 1.82) is 0 Å². The minimum Gasteiger partial charge on any atom is -0.407 e. The molecule has 5 nitrogen and oxygen atoms in total. The summed E-state index contributed by atoms with van der Waals surface area (Å²) in [5, 5.41) is 2.59. The molecule has 0 aromatic heterocycles. The lowest BCUT2D eigenvalue weighted by Gasteiger charge is -2.47. The minimum atomic E-state index is -2.60. The van der Waals surface area contributed by atoms with E-state index < -0.39 is 14.1 Å².